The fourth-order valence-corrected chi connectivity index (χ4v) is 3.17. The van der Waals surface area contributed by atoms with Gasteiger partial charge in [-0.05, 0) is 50.6 Å². The zero-order valence-corrected chi connectivity index (χ0v) is 12.5. The maximum Gasteiger partial charge on any atom is 0.0722 e. The second-order valence-corrected chi connectivity index (χ2v) is 6.13. The molecular weight excluding hydrogens is 246 g/mol. The maximum atomic E-state index is 4.43. The van der Waals surface area contributed by atoms with Gasteiger partial charge in [0.05, 0.1) is 5.52 Å². The third-order valence-electron chi connectivity index (χ3n) is 4.60. The van der Waals surface area contributed by atoms with E-state index in [4.69, 9.17) is 0 Å². The molecule has 1 saturated heterocycles. The number of hydrogen-bond donors (Lipinski definition) is 1. The summed E-state index contributed by atoms with van der Waals surface area (Å²) >= 11 is 0. The summed E-state index contributed by atoms with van der Waals surface area (Å²) in [4.78, 5) is 6.88. The molecule has 1 aromatic carbocycles. The van der Waals surface area contributed by atoms with Crippen molar-refractivity contribution >= 4 is 16.6 Å². The first-order chi connectivity index (χ1) is 9.65. The van der Waals surface area contributed by atoms with Crippen LogP contribution >= 0.6 is 0 Å². The molecule has 0 saturated carbocycles. The topological polar surface area (TPSA) is 28.2 Å². The minimum absolute atomic E-state index is 0.534. The second kappa shape index (κ2) is 5.41. The lowest BCUT2D eigenvalue weighted by atomic mass is 9.89. The van der Waals surface area contributed by atoms with Gasteiger partial charge in [-0.3, -0.25) is 4.98 Å². The predicted octanol–water partition coefficient (Wildman–Crippen LogP) is 3.38. The highest BCUT2D eigenvalue weighted by Gasteiger charge is 2.28. The number of aromatic nitrogens is 1. The summed E-state index contributed by atoms with van der Waals surface area (Å²) in [7, 11) is 2.22. The molecule has 2 aromatic rings. The number of benzene rings is 1. The highest BCUT2D eigenvalue weighted by molar-refractivity contribution is 5.91. The summed E-state index contributed by atoms with van der Waals surface area (Å²) in [6.45, 7) is 5.80. The Morgan fingerprint density at radius 3 is 2.90 bits per heavy atom. The molecule has 3 rings (SSSR count). The van der Waals surface area contributed by atoms with Crippen LogP contribution in [0.3, 0.4) is 0 Å². The largest absolute Gasteiger partial charge is 0.381 e. The molecule has 3 nitrogen and oxygen atoms in total. The van der Waals surface area contributed by atoms with Gasteiger partial charge in [0.1, 0.15) is 0 Å². The number of piperidine rings is 1. The van der Waals surface area contributed by atoms with Gasteiger partial charge in [0.15, 0.2) is 0 Å². The van der Waals surface area contributed by atoms with E-state index in [9.17, 15) is 0 Å². The average molecular weight is 269 g/mol. The first kappa shape index (κ1) is 13.4. The molecule has 0 spiro atoms. The molecule has 0 bridgehead atoms. The number of nitrogens with zero attached hydrogens (tertiary/aromatic N) is 2. The van der Waals surface area contributed by atoms with Crippen molar-refractivity contribution < 1.29 is 0 Å². The van der Waals surface area contributed by atoms with Crippen molar-refractivity contribution in [1.29, 1.82) is 0 Å². The van der Waals surface area contributed by atoms with Gasteiger partial charge in [0.25, 0.3) is 0 Å². The number of anilines is 1. The van der Waals surface area contributed by atoms with Crippen LogP contribution in [0.5, 0.6) is 0 Å². The van der Waals surface area contributed by atoms with Crippen LogP contribution in [0.25, 0.3) is 10.9 Å². The summed E-state index contributed by atoms with van der Waals surface area (Å²) in [6.07, 6.45) is 3.04. The standard InChI is InChI=1S/C17H23N3/c1-12-11-20(3)13(2)10-17(12)19-16-8-4-7-15-14(16)6-5-9-18-15/h4-9,12-13,17,19H,10-11H2,1-3H3. The third kappa shape index (κ3) is 2.50. The quantitative estimate of drug-likeness (QED) is 0.906. The van der Waals surface area contributed by atoms with Crippen molar-refractivity contribution in [3.63, 3.8) is 0 Å². The van der Waals surface area contributed by atoms with Gasteiger partial charge in [0, 0.05) is 35.9 Å². The van der Waals surface area contributed by atoms with Crippen LogP contribution in [0.15, 0.2) is 36.5 Å². The summed E-state index contributed by atoms with van der Waals surface area (Å²) in [5.41, 5.74) is 2.27. The fraction of sp³-hybridized carbons (Fsp3) is 0.471. The minimum Gasteiger partial charge on any atom is -0.381 e. The number of fused-ring (bicyclic) bond motifs is 1. The van der Waals surface area contributed by atoms with Crippen LogP contribution in [0.2, 0.25) is 0 Å². The fourth-order valence-electron chi connectivity index (χ4n) is 3.17. The Bertz CT molecular complexity index is 590. The number of likely N-dealkylation sites (tertiary alicyclic amines) is 1. The van der Waals surface area contributed by atoms with E-state index in [0.29, 0.717) is 18.0 Å². The summed E-state index contributed by atoms with van der Waals surface area (Å²) < 4.78 is 0. The zero-order valence-electron chi connectivity index (χ0n) is 12.5. The van der Waals surface area contributed by atoms with Gasteiger partial charge in [0.2, 0.25) is 0 Å². The first-order valence-electron chi connectivity index (χ1n) is 7.45. The van der Waals surface area contributed by atoms with E-state index in [-0.39, 0.29) is 0 Å². The van der Waals surface area contributed by atoms with E-state index in [1.165, 1.54) is 17.5 Å². The molecule has 0 radical (unpaired) electrons. The van der Waals surface area contributed by atoms with E-state index in [1.807, 2.05) is 12.3 Å². The van der Waals surface area contributed by atoms with Gasteiger partial charge in [-0.25, -0.2) is 0 Å². The van der Waals surface area contributed by atoms with Crippen LogP contribution < -0.4 is 5.32 Å². The Morgan fingerprint density at radius 2 is 2.05 bits per heavy atom. The Kier molecular flexibility index (Phi) is 3.62. The number of nitrogens with one attached hydrogen (secondary N) is 1. The Labute approximate surface area is 121 Å². The first-order valence-corrected chi connectivity index (χ1v) is 7.45. The lowest BCUT2D eigenvalue weighted by Crippen LogP contribution is -2.48. The third-order valence-corrected chi connectivity index (χ3v) is 4.60. The van der Waals surface area contributed by atoms with Crippen LogP contribution in [0.1, 0.15) is 20.3 Å². The van der Waals surface area contributed by atoms with Gasteiger partial charge >= 0.3 is 0 Å². The van der Waals surface area contributed by atoms with Crippen LogP contribution in [-0.2, 0) is 0 Å². The monoisotopic (exact) mass is 269 g/mol. The van der Waals surface area contributed by atoms with Crippen molar-refractivity contribution in [2.45, 2.75) is 32.4 Å². The molecule has 3 unspecified atom stereocenters. The Balaban J connectivity index is 1.86. The van der Waals surface area contributed by atoms with Crippen LogP contribution in [-0.4, -0.2) is 35.6 Å². The lowest BCUT2D eigenvalue weighted by Gasteiger charge is -2.40. The van der Waals surface area contributed by atoms with Gasteiger partial charge < -0.3 is 10.2 Å². The number of pyridine rings is 1. The van der Waals surface area contributed by atoms with Crippen molar-refractivity contribution in [1.82, 2.24) is 9.88 Å². The van der Waals surface area contributed by atoms with Crippen molar-refractivity contribution in [2.75, 3.05) is 18.9 Å². The molecule has 1 aliphatic rings. The van der Waals surface area contributed by atoms with Gasteiger partial charge in [-0.15, -0.1) is 0 Å². The number of hydrogen-bond acceptors (Lipinski definition) is 3. The Hall–Kier alpha value is -1.61. The smallest absolute Gasteiger partial charge is 0.0722 e. The van der Waals surface area contributed by atoms with Crippen molar-refractivity contribution in [3.05, 3.63) is 36.5 Å². The maximum absolute atomic E-state index is 4.43. The lowest BCUT2D eigenvalue weighted by molar-refractivity contribution is 0.146. The molecule has 1 N–H and O–H groups in total. The van der Waals surface area contributed by atoms with Crippen LogP contribution in [0, 0.1) is 5.92 Å². The van der Waals surface area contributed by atoms with Gasteiger partial charge in [-0.2, -0.15) is 0 Å². The molecule has 1 fully saturated rings. The predicted molar refractivity (Wildman–Crippen MR) is 85.0 cm³/mol. The van der Waals surface area contributed by atoms with E-state index >= 15 is 0 Å². The van der Waals surface area contributed by atoms with E-state index in [0.717, 1.165) is 12.1 Å². The SMILES string of the molecule is CC1CN(C)C(C)CC1Nc1cccc2ncccc12. The normalized spacial score (nSPS) is 27.6. The molecule has 0 amide bonds. The van der Waals surface area contributed by atoms with Crippen molar-refractivity contribution in [3.8, 4) is 0 Å². The van der Waals surface area contributed by atoms with Crippen molar-refractivity contribution in [2.24, 2.45) is 5.92 Å². The molecule has 1 aliphatic heterocycles. The summed E-state index contributed by atoms with van der Waals surface area (Å²) in [5.74, 6) is 0.656. The molecule has 106 valence electrons. The molecule has 0 aliphatic carbocycles. The average Bonchev–Trinajstić information content (AvgIpc) is 2.45. The number of rotatable bonds is 2. The Morgan fingerprint density at radius 1 is 1.20 bits per heavy atom. The molecular formula is C17H23N3. The van der Waals surface area contributed by atoms with E-state index in [2.05, 4.69) is 60.4 Å². The highest BCUT2D eigenvalue weighted by Crippen LogP contribution is 2.27. The van der Waals surface area contributed by atoms with Gasteiger partial charge in [-0.1, -0.05) is 13.0 Å². The molecule has 20 heavy (non-hydrogen) atoms. The minimum atomic E-state index is 0.534. The zero-order chi connectivity index (χ0) is 14.1. The molecule has 3 atom stereocenters. The highest BCUT2D eigenvalue weighted by atomic mass is 15.2. The second-order valence-electron chi connectivity index (χ2n) is 6.13. The molecule has 1 aromatic heterocycles. The molecule has 3 heteroatoms. The van der Waals surface area contributed by atoms with E-state index < -0.39 is 0 Å². The summed E-state index contributed by atoms with van der Waals surface area (Å²) in [6, 6.07) is 11.6. The van der Waals surface area contributed by atoms with E-state index in [1.54, 1.807) is 0 Å². The molecule has 2 heterocycles. The summed E-state index contributed by atoms with van der Waals surface area (Å²) in [5, 5.41) is 4.97. The van der Waals surface area contributed by atoms with Crippen LogP contribution in [0.4, 0.5) is 5.69 Å².